The molecule has 1 unspecified atom stereocenters. The summed E-state index contributed by atoms with van der Waals surface area (Å²) < 4.78 is 14.6. The monoisotopic (exact) mass is 388 g/mol. The molecule has 2 aromatic carbocycles. The van der Waals surface area contributed by atoms with Crippen molar-refractivity contribution in [1.29, 1.82) is 0 Å². The number of rotatable bonds is 5. The van der Waals surface area contributed by atoms with Gasteiger partial charge in [-0.25, -0.2) is 4.39 Å². The van der Waals surface area contributed by atoms with Crippen LogP contribution in [0.25, 0.3) is 0 Å². The van der Waals surface area contributed by atoms with Crippen molar-refractivity contribution in [3.05, 3.63) is 53.3 Å². The Morgan fingerprint density at radius 2 is 1.79 bits per heavy atom. The summed E-state index contributed by atoms with van der Waals surface area (Å²) in [5.74, 6) is -1.23. The number of carbonyl (C=O) groups is 1. The molecule has 0 spiro atoms. The van der Waals surface area contributed by atoms with E-state index in [1.807, 2.05) is 11.8 Å². The van der Waals surface area contributed by atoms with Gasteiger partial charge in [0.2, 0.25) is 0 Å². The Bertz CT molecular complexity index is 850. The number of anilines is 1. The van der Waals surface area contributed by atoms with Crippen molar-refractivity contribution in [2.24, 2.45) is 0 Å². The van der Waals surface area contributed by atoms with Gasteiger partial charge in [-0.1, -0.05) is 19.4 Å². The van der Waals surface area contributed by atoms with Crippen molar-refractivity contribution in [1.82, 2.24) is 4.90 Å². The van der Waals surface area contributed by atoms with E-state index in [9.17, 15) is 24.5 Å². The molecule has 6 nitrogen and oxygen atoms in total. The summed E-state index contributed by atoms with van der Waals surface area (Å²) >= 11 is 0. The van der Waals surface area contributed by atoms with Gasteiger partial charge in [-0.15, -0.1) is 0 Å². The second kappa shape index (κ2) is 8.48. The highest BCUT2D eigenvalue weighted by Gasteiger charge is 2.24. The number of aliphatic hydroxyl groups is 1. The van der Waals surface area contributed by atoms with Crippen molar-refractivity contribution in [2.45, 2.75) is 25.9 Å². The second-order valence-electron chi connectivity index (χ2n) is 7.00. The molecule has 1 aliphatic heterocycles. The molecule has 0 aromatic heterocycles. The lowest BCUT2D eigenvalue weighted by Gasteiger charge is -2.36. The van der Waals surface area contributed by atoms with E-state index >= 15 is 0 Å². The third kappa shape index (κ3) is 4.20. The van der Waals surface area contributed by atoms with Crippen LogP contribution >= 0.6 is 0 Å². The van der Waals surface area contributed by atoms with E-state index in [2.05, 4.69) is 0 Å². The third-order valence-electron chi connectivity index (χ3n) is 5.05. The predicted octanol–water partition coefficient (Wildman–Crippen LogP) is 3.03. The van der Waals surface area contributed by atoms with Crippen LogP contribution < -0.4 is 4.90 Å². The summed E-state index contributed by atoms with van der Waals surface area (Å²) in [5, 5.41) is 29.0. The van der Waals surface area contributed by atoms with Gasteiger partial charge < -0.3 is 25.1 Å². The summed E-state index contributed by atoms with van der Waals surface area (Å²) in [7, 11) is 0. The van der Waals surface area contributed by atoms with E-state index in [-0.39, 0.29) is 23.2 Å². The van der Waals surface area contributed by atoms with Gasteiger partial charge in [0, 0.05) is 31.7 Å². The number of benzene rings is 2. The minimum atomic E-state index is -0.662. The summed E-state index contributed by atoms with van der Waals surface area (Å²) in [6.45, 7) is 3.75. The fourth-order valence-electron chi connectivity index (χ4n) is 3.42. The van der Waals surface area contributed by atoms with Gasteiger partial charge in [0.15, 0.2) is 11.5 Å². The number of piperazine rings is 1. The Morgan fingerprint density at radius 1 is 1.07 bits per heavy atom. The predicted molar refractivity (Wildman–Crippen MR) is 104 cm³/mol. The number of aliphatic hydroxyl groups excluding tert-OH is 1. The number of halogens is 1. The van der Waals surface area contributed by atoms with Crippen LogP contribution in [0.4, 0.5) is 10.1 Å². The highest BCUT2D eigenvalue weighted by molar-refractivity contribution is 5.95. The maximum atomic E-state index is 14.6. The first-order valence-electron chi connectivity index (χ1n) is 9.44. The molecule has 0 saturated carbocycles. The molecule has 1 amide bonds. The van der Waals surface area contributed by atoms with Crippen LogP contribution in [0.5, 0.6) is 11.5 Å². The minimum absolute atomic E-state index is 0.242. The second-order valence-corrected chi connectivity index (χ2v) is 7.00. The van der Waals surface area contributed by atoms with Gasteiger partial charge in [-0.05, 0) is 42.3 Å². The van der Waals surface area contributed by atoms with Crippen LogP contribution in [-0.2, 0) is 0 Å². The standard InChI is InChI=1S/C21H25FN2O4/c1-2-3-18(25)14-4-6-17(16(22)12-14)23-8-10-24(11-9-23)21(28)15-5-7-19(26)20(27)13-15/h4-7,12-13,18,25-27H,2-3,8-11H2,1H3. The molecule has 0 radical (unpaired) electrons. The zero-order valence-corrected chi connectivity index (χ0v) is 15.8. The number of hydrogen-bond acceptors (Lipinski definition) is 5. The first-order valence-corrected chi connectivity index (χ1v) is 9.44. The fraction of sp³-hybridized carbons (Fsp3) is 0.381. The molecular weight excluding hydrogens is 363 g/mol. The minimum Gasteiger partial charge on any atom is -0.504 e. The number of hydrogen-bond donors (Lipinski definition) is 3. The van der Waals surface area contributed by atoms with Gasteiger partial charge in [0.25, 0.3) is 5.91 Å². The quantitative estimate of drug-likeness (QED) is 0.686. The van der Waals surface area contributed by atoms with E-state index in [1.54, 1.807) is 17.0 Å². The zero-order chi connectivity index (χ0) is 20.3. The Labute approximate surface area is 163 Å². The molecule has 150 valence electrons. The van der Waals surface area contributed by atoms with Crippen LogP contribution in [0.3, 0.4) is 0 Å². The van der Waals surface area contributed by atoms with Crippen LogP contribution in [0.2, 0.25) is 0 Å². The third-order valence-corrected chi connectivity index (χ3v) is 5.05. The highest BCUT2D eigenvalue weighted by Crippen LogP contribution is 2.28. The van der Waals surface area contributed by atoms with Gasteiger partial charge in [-0.3, -0.25) is 4.79 Å². The number of carbonyl (C=O) groups excluding carboxylic acids is 1. The molecule has 1 heterocycles. The normalized spacial score (nSPS) is 15.5. The summed E-state index contributed by atoms with van der Waals surface area (Å²) in [4.78, 5) is 16.1. The molecule has 28 heavy (non-hydrogen) atoms. The molecule has 0 bridgehead atoms. The number of amides is 1. The van der Waals surface area contributed by atoms with E-state index < -0.39 is 6.10 Å². The Hall–Kier alpha value is -2.80. The Balaban J connectivity index is 1.65. The van der Waals surface area contributed by atoms with Gasteiger partial charge in [0.05, 0.1) is 11.8 Å². The fourth-order valence-corrected chi connectivity index (χ4v) is 3.42. The SMILES string of the molecule is CCCC(O)c1ccc(N2CCN(C(=O)c3ccc(O)c(O)c3)CC2)c(F)c1. The topological polar surface area (TPSA) is 84.2 Å². The van der Waals surface area contributed by atoms with Crippen LogP contribution in [-0.4, -0.2) is 52.3 Å². The summed E-state index contributed by atoms with van der Waals surface area (Å²) in [5.41, 5.74) is 1.33. The molecule has 0 aliphatic carbocycles. The number of phenolic OH excluding ortho intramolecular Hbond substituents is 2. The molecular formula is C21H25FN2O4. The van der Waals surface area contributed by atoms with Gasteiger partial charge >= 0.3 is 0 Å². The van der Waals surface area contributed by atoms with Crippen molar-refractivity contribution in [2.75, 3.05) is 31.1 Å². The first-order chi connectivity index (χ1) is 13.4. The highest BCUT2D eigenvalue weighted by atomic mass is 19.1. The average Bonchev–Trinajstić information content (AvgIpc) is 2.70. The number of phenols is 2. The Kier molecular flexibility index (Phi) is 6.04. The number of aromatic hydroxyl groups is 2. The van der Waals surface area contributed by atoms with Crippen molar-refractivity contribution < 1.29 is 24.5 Å². The summed E-state index contributed by atoms with van der Waals surface area (Å²) in [6.07, 6.45) is 0.746. The average molecular weight is 388 g/mol. The van der Waals surface area contributed by atoms with E-state index in [0.29, 0.717) is 49.4 Å². The zero-order valence-electron chi connectivity index (χ0n) is 15.8. The maximum absolute atomic E-state index is 14.6. The molecule has 1 atom stereocenters. The smallest absolute Gasteiger partial charge is 0.254 e. The first kappa shape index (κ1) is 19.9. The molecule has 3 rings (SSSR count). The molecule has 1 saturated heterocycles. The lowest BCUT2D eigenvalue weighted by Crippen LogP contribution is -2.49. The van der Waals surface area contributed by atoms with Crippen LogP contribution in [0.1, 0.15) is 41.8 Å². The molecule has 2 aromatic rings. The lowest BCUT2D eigenvalue weighted by atomic mass is 10.0. The van der Waals surface area contributed by atoms with Crippen LogP contribution in [0, 0.1) is 5.82 Å². The van der Waals surface area contributed by atoms with E-state index in [1.165, 1.54) is 24.3 Å². The van der Waals surface area contributed by atoms with Crippen molar-refractivity contribution in [3.8, 4) is 11.5 Å². The molecule has 3 N–H and O–H groups in total. The van der Waals surface area contributed by atoms with Gasteiger partial charge in [0.1, 0.15) is 5.82 Å². The van der Waals surface area contributed by atoms with Crippen molar-refractivity contribution in [3.63, 3.8) is 0 Å². The van der Waals surface area contributed by atoms with Gasteiger partial charge in [-0.2, -0.15) is 0 Å². The van der Waals surface area contributed by atoms with E-state index in [4.69, 9.17) is 0 Å². The molecule has 1 aliphatic rings. The molecule has 1 fully saturated rings. The maximum Gasteiger partial charge on any atom is 0.254 e. The van der Waals surface area contributed by atoms with Crippen molar-refractivity contribution >= 4 is 11.6 Å². The lowest BCUT2D eigenvalue weighted by molar-refractivity contribution is 0.0746. The molecule has 7 heteroatoms. The summed E-state index contributed by atoms with van der Waals surface area (Å²) in [6, 6.07) is 8.79. The largest absolute Gasteiger partial charge is 0.504 e. The Morgan fingerprint density at radius 3 is 2.39 bits per heavy atom. The van der Waals surface area contributed by atoms with E-state index in [0.717, 1.165) is 6.42 Å². The van der Waals surface area contributed by atoms with Crippen LogP contribution in [0.15, 0.2) is 36.4 Å². The number of nitrogens with zero attached hydrogens (tertiary/aromatic N) is 2.